The maximum atomic E-state index is 8.74. The van der Waals surface area contributed by atoms with Gasteiger partial charge in [0.05, 0.1) is 1.37 Å². The van der Waals surface area contributed by atoms with E-state index in [0.29, 0.717) is 6.42 Å². The van der Waals surface area contributed by atoms with Crippen LogP contribution in [-0.4, -0.2) is 16.5 Å². The van der Waals surface area contributed by atoms with Gasteiger partial charge >= 0.3 is 0 Å². The number of rotatable bonds is 5. The predicted octanol–water partition coefficient (Wildman–Crippen LogP) is 1.27. The van der Waals surface area contributed by atoms with Crippen molar-refractivity contribution in [3.8, 4) is 0 Å². The third kappa shape index (κ3) is 7.92. The van der Waals surface area contributed by atoms with Gasteiger partial charge in [-0.3, -0.25) is 0 Å². The topological polar surface area (TPSA) is 40.5 Å². The van der Waals surface area contributed by atoms with Crippen LogP contribution in [0.1, 0.15) is 44.4 Å². The van der Waals surface area contributed by atoms with Crippen molar-refractivity contribution in [2.24, 2.45) is 0 Å². The van der Waals surface area contributed by atoms with Crippen molar-refractivity contribution < 1.29 is 15.7 Å². The highest BCUT2D eigenvalue weighted by Gasteiger charge is 1.94. The summed E-state index contributed by atoms with van der Waals surface area (Å²) in [5.74, 6) is 0. The largest absolute Gasteiger partial charge is 0.368 e. The minimum Gasteiger partial charge on any atom is -0.368 e. The molecule has 0 rings (SSSR count). The molecule has 2 nitrogen and oxygen atoms in total. The summed E-state index contributed by atoms with van der Waals surface area (Å²) < 4.78 is 28.3. The number of unbranched alkanes of at least 4 members (excludes halogenated alkanes) is 1. The molecule has 0 saturated heterocycles. The van der Waals surface area contributed by atoms with Crippen LogP contribution in [0.4, 0.5) is 0 Å². The normalized spacial score (nSPS) is 23.4. The molecule has 2 N–H and O–H groups in total. The van der Waals surface area contributed by atoms with Crippen LogP contribution in [0.15, 0.2) is 0 Å². The van der Waals surface area contributed by atoms with Gasteiger partial charge in [-0.05, 0) is 12.8 Å². The summed E-state index contributed by atoms with van der Waals surface area (Å²) in [6, 6.07) is 0. The van der Waals surface area contributed by atoms with Gasteiger partial charge in [0.15, 0.2) is 6.27 Å². The SMILES string of the molecule is [2H]C(CCCC)C([2H])([2H])C([2H])(O)O. The summed E-state index contributed by atoms with van der Waals surface area (Å²) >= 11 is 0. The summed E-state index contributed by atoms with van der Waals surface area (Å²) in [4.78, 5) is 0. The lowest BCUT2D eigenvalue weighted by Crippen LogP contribution is -2.02. The number of aliphatic hydroxyl groups is 2. The highest BCUT2D eigenvalue weighted by molar-refractivity contribution is 4.42. The molecule has 0 aliphatic heterocycles. The minimum absolute atomic E-state index is 0.227. The quantitative estimate of drug-likeness (QED) is 0.559. The van der Waals surface area contributed by atoms with E-state index in [4.69, 9.17) is 15.7 Å². The lowest BCUT2D eigenvalue weighted by atomic mass is 10.1. The Kier molecular flexibility index (Phi) is 2.65. The van der Waals surface area contributed by atoms with E-state index in [1.807, 2.05) is 6.92 Å². The van der Waals surface area contributed by atoms with Gasteiger partial charge in [-0.1, -0.05) is 26.2 Å². The van der Waals surface area contributed by atoms with Crippen LogP contribution in [0.3, 0.4) is 0 Å². The molecule has 0 aliphatic carbocycles. The molecule has 0 aliphatic rings. The van der Waals surface area contributed by atoms with Crippen LogP contribution in [0.5, 0.6) is 0 Å². The van der Waals surface area contributed by atoms with E-state index in [1.54, 1.807) is 0 Å². The summed E-state index contributed by atoms with van der Waals surface area (Å²) in [6.07, 6.45) is -5.39. The molecule has 0 saturated carbocycles. The third-order valence-electron chi connectivity index (χ3n) is 0.933. The number of hydrogen-bond donors (Lipinski definition) is 2. The fraction of sp³-hybridized carbons (Fsp3) is 1.00. The second-order valence-electron chi connectivity index (χ2n) is 1.81. The Bertz CT molecular complexity index is 155. The van der Waals surface area contributed by atoms with E-state index < -0.39 is 19.0 Å². The lowest BCUT2D eigenvalue weighted by Gasteiger charge is -2.00. The summed E-state index contributed by atoms with van der Waals surface area (Å²) in [5, 5.41) is 17.5. The molecule has 1 atom stereocenters. The van der Waals surface area contributed by atoms with Gasteiger partial charge in [-0.2, -0.15) is 0 Å². The monoisotopic (exact) mass is 136 g/mol. The van der Waals surface area contributed by atoms with E-state index in [-0.39, 0.29) is 6.42 Å². The van der Waals surface area contributed by atoms with E-state index >= 15 is 0 Å². The average Bonchev–Trinajstić information content (AvgIpc) is 1.97. The fourth-order valence-corrected chi connectivity index (χ4v) is 0.470. The Labute approximate surface area is 62.1 Å². The molecular weight excluding hydrogens is 116 g/mol. The molecule has 9 heavy (non-hydrogen) atoms. The molecule has 0 spiro atoms. The maximum absolute atomic E-state index is 8.74. The van der Waals surface area contributed by atoms with Gasteiger partial charge in [-0.15, -0.1) is 0 Å². The van der Waals surface area contributed by atoms with Crippen molar-refractivity contribution in [1.29, 1.82) is 0 Å². The van der Waals surface area contributed by atoms with Gasteiger partial charge in [0.1, 0.15) is 0 Å². The molecule has 0 aromatic rings. The van der Waals surface area contributed by atoms with Crippen molar-refractivity contribution >= 4 is 0 Å². The molecule has 0 radical (unpaired) electrons. The second-order valence-corrected chi connectivity index (χ2v) is 1.81. The third-order valence-corrected chi connectivity index (χ3v) is 0.933. The molecule has 0 fully saturated rings. The van der Waals surface area contributed by atoms with Gasteiger partial charge in [0.2, 0.25) is 0 Å². The zero-order chi connectivity index (χ0) is 10.7. The van der Waals surface area contributed by atoms with E-state index in [9.17, 15) is 0 Å². The van der Waals surface area contributed by atoms with Crippen molar-refractivity contribution in [2.45, 2.75) is 45.2 Å². The van der Waals surface area contributed by atoms with Crippen molar-refractivity contribution in [3.05, 3.63) is 0 Å². The Balaban J connectivity index is 4.27. The van der Waals surface area contributed by atoms with E-state index in [1.165, 1.54) is 0 Å². The first-order valence-corrected chi connectivity index (χ1v) is 3.10. The molecule has 0 bridgehead atoms. The summed E-state index contributed by atoms with van der Waals surface area (Å²) in [5.41, 5.74) is 0. The standard InChI is InChI=1S/C7H16O2/c1-2-3-4-5-6-7(8)9/h7-9H,2-6H2,1H3/i5D,6D2,7D. The zero-order valence-corrected chi connectivity index (χ0v) is 5.59. The van der Waals surface area contributed by atoms with Gasteiger partial charge in [0.25, 0.3) is 0 Å². The van der Waals surface area contributed by atoms with Crippen LogP contribution in [0, 0.1) is 0 Å². The van der Waals surface area contributed by atoms with Gasteiger partial charge in [-0.25, -0.2) is 0 Å². The lowest BCUT2D eigenvalue weighted by molar-refractivity contribution is -0.0465. The van der Waals surface area contributed by atoms with Crippen molar-refractivity contribution in [2.75, 3.05) is 0 Å². The minimum atomic E-state index is -3.19. The van der Waals surface area contributed by atoms with Crippen molar-refractivity contribution in [3.63, 3.8) is 0 Å². The first-order valence-electron chi connectivity index (χ1n) is 5.18. The average molecular weight is 136 g/mol. The molecule has 0 aromatic carbocycles. The zero-order valence-electron chi connectivity index (χ0n) is 9.59. The molecule has 0 aromatic heterocycles. The predicted molar refractivity (Wildman–Crippen MR) is 37.0 cm³/mol. The first-order chi connectivity index (χ1) is 5.73. The fourth-order valence-electron chi connectivity index (χ4n) is 0.470. The van der Waals surface area contributed by atoms with Crippen LogP contribution in [0.25, 0.3) is 0 Å². The van der Waals surface area contributed by atoms with Crippen LogP contribution >= 0.6 is 0 Å². The first kappa shape index (κ1) is 3.94. The Morgan fingerprint density at radius 3 is 2.67 bits per heavy atom. The highest BCUT2D eigenvalue weighted by Crippen LogP contribution is 2.03. The van der Waals surface area contributed by atoms with Crippen LogP contribution < -0.4 is 0 Å². The molecule has 0 amide bonds. The Hall–Kier alpha value is -0.0800. The second kappa shape index (κ2) is 6.05. The highest BCUT2D eigenvalue weighted by atomic mass is 16.5. The Morgan fingerprint density at radius 2 is 2.22 bits per heavy atom. The summed E-state index contributed by atoms with van der Waals surface area (Å²) in [7, 11) is 0. The van der Waals surface area contributed by atoms with Crippen LogP contribution in [-0.2, 0) is 0 Å². The maximum Gasteiger partial charge on any atom is 0.151 e. The molecular formula is C7H16O2. The number of hydrogen-bond acceptors (Lipinski definition) is 2. The van der Waals surface area contributed by atoms with Gasteiger partial charge < -0.3 is 10.2 Å². The summed E-state index contributed by atoms with van der Waals surface area (Å²) in [6.45, 7) is 1.90. The van der Waals surface area contributed by atoms with Crippen LogP contribution in [0.2, 0.25) is 0 Å². The molecule has 56 valence electrons. The van der Waals surface area contributed by atoms with Crippen molar-refractivity contribution in [1.82, 2.24) is 0 Å². The van der Waals surface area contributed by atoms with E-state index in [2.05, 4.69) is 0 Å². The van der Waals surface area contributed by atoms with E-state index in [0.717, 1.165) is 6.42 Å². The Morgan fingerprint density at radius 1 is 1.56 bits per heavy atom. The van der Waals surface area contributed by atoms with Gasteiger partial charge in [0, 0.05) is 4.11 Å². The smallest absolute Gasteiger partial charge is 0.151 e. The molecule has 2 heteroatoms. The molecule has 0 heterocycles. The molecule has 1 unspecified atom stereocenters.